The fraction of sp³-hybridized carbons (Fsp3) is 0.350. The van der Waals surface area contributed by atoms with E-state index in [1.54, 1.807) is 12.1 Å². The van der Waals surface area contributed by atoms with Gasteiger partial charge in [0.1, 0.15) is 5.75 Å². The lowest BCUT2D eigenvalue weighted by Crippen LogP contribution is -2.49. The molecule has 1 atom stereocenters. The van der Waals surface area contributed by atoms with Gasteiger partial charge in [0, 0.05) is 36.3 Å². The topological polar surface area (TPSA) is 55.8 Å². The van der Waals surface area contributed by atoms with Gasteiger partial charge in [-0.3, -0.25) is 9.69 Å². The summed E-state index contributed by atoms with van der Waals surface area (Å²) in [4.78, 5) is 16.8. The Morgan fingerprint density at radius 1 is 1.08 bits per heavy atom. The van der Waals surface area contributed by atoms with E-state index >= 15 is 0 Å². The van der Waals surface area contributed by atoms with Crippen LogP contribution in [0, 0.1) is 0 Å². The highest BCUT2D eigenvalue weighted by atomic mass is 79.9. The van der Waals surface area contributed by atoms with Crippen molar-refractivity contribution in [2.45, 2.75) is 13.0 Å². The number of halogens is 1. The Bertz CT molecular complexity index is 726. The molecule has 6 heteroatoms. The standard InChI is InChI=1S/C20H24BrN3O2/c1-15(16-2-4-17(21)5-3-16)22-20(26)14-23-10-12-24(13-11-23)18-6-8-19(25)9-7-18/h2-9,15,25H,10-14H2,1H3,(H,22,26)/t15-/m1/s1. The number of phenolic OH excluding ortho intramolecular Hbond substituents is 1. The Kier molecular flexibility index (Phi) is 6.16. The van der Waals surface area contributed by atoms with Crippen molar-refractivity contribution in [1.29, 1.82) is 0 Å². The molecule has 0 bridgehead atoms. The van der Waals surface area contributed by atoms with Crippen molar-refractivity contribution in [3.8, 4) is 5.75 Å². The maximum absolute atomic E-state index is 12.3. The minimum atomic E-state index is -0.00566. The second-order valence-electron chi connectivity index (χ2n) is 6.62. The second-order valence-corrected chi connectivity index (χ2v) is 7.54. The molecule has 2 aromatic rings. The Morgan fingerprint density at radius 3 is 2.31 bits per heavy atom. The van der Waals surface area contributed by atoms with E-state index < -0.39 is 0 Å². The van der Waals surface area contributed by atoms with Crippen molar-refractivity contribution in [2.75, 3.05) is 37.6 Å². The first kappa shape index (κ1) is 18.7. The Hall–Kier alpha value is -2.05. The van der Waals surface area contributed by atoms with Crippen LogP contribution in [0.1, 0.15) is 18.5 Å². The smallest absolute Gasteiger partial charge is 0.234 e. The monoisotopic (exact) mass is 417 g/mol. The summed E-state index contributed by atoms with van der Waals surface area (Å²) in [7, 11) is 0. The van der Waals surface area contributed by atoms with Crippen LogP contribution in [0.4, 0.5) is 5.69 Å². The average molecular weight is 418 g/mol. The van der Waals surface area contributed by atoms with E-state index in [2.05, 4.69) is 31.0 Å². The van der Waals surface area contributed by atoms with Crippen LogP contribution in [-0.4, -0.2) is 48.6 Å². The van der Waals surface area contributed by atoms with Crippen LogP contribution in [0.25, 0.3) is 0 Å². The number of rotatable bonds is 5. The third-order valence-electron chi connectivity index (χ3n) is 4.70. The molecule has 5 nitrogen and oxygen atoms in total. The summed E-state index contributed by atoms with van der Waals surface area (Å²) in [6.45, 7) is 5.87. The molecule has 26 heavy (non-hydrogen) atoms. The van der Waals surface area contributed by atoms with Gasteiger partial charge in [0.25, 0.3) is 0 Å². The van der Waals surface area contributed by atoms with Crippen molar-refractivity contribution in [3.63, 3.8) is 0 Å². The first-order chi connectivity index (χ1) is 12.5. The SMILES string of the molecule is C[C@@H](NC(=O)CN1CCN(c2ccc(O)cc2)CC1)c1ccc(Br)cc1. The molecule has 3 rings (SSSR count). The Labute approximate surface area is 162 Å². The quantitative estimate of drug-likeness (QED) is 0.784. The van der Waals surface area contributed by atoms with Gasteiger partial charge in [0.05, 0.1) is 12.6 Å². The molecule has 1 aliphatic rings. The number of nitrogens with one attached hydrogen (secondary N) is 1. The molecule has 1 amide bonds. The van der Waals surface area contributed by atoms with Crippen molar-refractivity contribution in [3.05, 3.63) is 58.6 Å². The minimum absolute atomic E-state index is 0.00566. The van der Waals surface area contributed by atoms with Gasteiger partial charge in [-0.1, -0.05) is 28.1 Å². The molecule has 0 aliphatic carbocycles. The average Bonchev–Trinajstić information content (AvgIpc) is 2.63. The maximum Gasteiger partial charge on any atom is 0.234 e. The molecule has 2 N–H and O–H groups in total. The maximum atomic E-state index is 12.3. The lowest BCUT2D eigenvalue weighted by Gasteiger charge is -2.35. The van der Waals surface area contributed by atoms with Crippen LogP contribution >= 0.6 is 15.9 Å². The molecule has 0 unspecified atom stereocenters. The molecule has 0 radical (unpaired) electrons. The van der Waals surface area contributed by atoms with Gasteiger partial charge >= 0.3 is 0 Å². The first-order valence-corrected chi connectivity index (χ1v) is 9.62. The largest absolute Gasteiger partial charge is 0.508 e. The van der Waals surface area contributed by atoms with Gasteiger partial charge in [-0.25, -0.2) is 0 Å². The van der Waals surface area contributed by atoms with Gasteiger partial charge in [-0.05, 0) is 48.9 Å². The third kappa shape index (κ3) is 4.99. The molecule has 2 aromatic carbocycles. The second kappa shape index (κ2) is 8.56. The number of carbonyl (C=O) groups excluding carboxylic acids is 1. The van der Waals surface area contributed by atoms with E-state index in [1.165, 1.54) is 0 Å². The van der Waals surface area contributed by atoms with Gasteiger partial charge in [-0.2, -0.15) is 0 Å². The number of hydrogen-bond donors (Lipinski definition) is 2. The number of piperazine rings is 1. The molecular weight excluding hydrogens is 394 g/mol. The lowest BCUT2D eigenvalue weighted by molar-refractivity contribution is -0.123. The fourth-order valence-electron chi connectivity index (χ4n) is 3.15. The fourth-order valence-corrected chi connectivity index (χ4v) is 3.42. The highest BCUT2D eigenvalue weighted by Gasteiger charge is 2.20. The van der Waals surface area contributed by atoms with E-state index in [9.17, 15) is 9.90 Å². The molecule has 1 aliphatic heterocycles. The number of carbonyl (C=O) groups is 1. The van der Waals surface area contributed by atoms with Gasteiger partial charge in [0.15, 0.2) is 0 Å². The molecule has 138 valence electrons. The molecule has 1 fully saturated rings. The lowest BCUT2D eigenvalue weighted by atomic mass is 10.1. The van der Waals surface area contributed by atoms with Crippen molar-refractivity contribution < 1.29 is 9.90 Å². The summed E-state index contributed by atoms with van der Waals surface area (Å²) in [5.74, 6) is 0.336. The van der Waals surface area contributed by atoms with E-state index in [1.807, 2.05) is 43.3 Å². The zero-order chi connectivity index (χ0) is 18.5. The summed E-state index contributed by atoms with van der Waals surface area (Å²) < 4.78 is 1.03. The summed E-state index contributed by atoms with van der Waals surface area (Å²) in [6, 6.07) is 15.3. The number of benzene rings is 2. The number of amides is 1. The van der Waals surface area contributed by atoms with E-state index in [4.69, 9.17) is 0 Å². The summed E-state index contributed by atoms with van der Waals surface area (Å²) in [5.41, 5.74) is 2.20. The van der Waals surface area contributed by atoms with Crippen molar-refractivity contribution >= 4 is 27.5 Å². The molecule has 0 aromatic heterocycles. The van der Waals surface area contributed by atoms with Crippen LogP contribution in [0.5, 0.6) is 5.75 Å². The number of hydrogen-bond acceptors (Lipinski definition) is 4. The van der Waals surface area contributed by atoms with E-state index in [-0.39, 0.29) is 17.7 Å². The van der Waals surface area contributed by atoms with E-state index in [0.29, 0.717) is 6.54 Å². The van der Waals surface area contributed by atoms with Crippen molar-refractivity contribution in [2.24, 2.45) is 0 Å². The predicted molar refractivity (Wildman–Crippen MR) is 107 cm³/mol. The predicted octanol–water partition coefficient (Wildman–Crippen LogP) is 3.15. The molecule has 0 spiro atoms. The Morgan fingerprint density at radius 2 is 1.69 bits per heavy atom. The molecular formula is C20H24BrN3O2. The summed E-state index contributed by atoms with van der Waals surface area (Å²) in [6.07, 6.45) is 0. The molecule has 1 heterocycles. The molecule has 1 saturated heterocycles. The summed E-state index contributed by atoms with van der Waals surface area (Å²) in [5, 5.41) is 12.5. The normalized spacial score (nSPS) is 16.3. The van der Waals surface area contributed by atoms with Crippen LogP contribution in [0.3, 0.4) is 0 Å². The zero-order valence-electron chi connectivity index (χ0n) is 14.9. The minimum Gasteiger partial charge on any atom is -0.508 e. The van der Waals surface area contributed by atoms with Crippen LogP contribution in [-0.2, 0) is 4.79 Å². The zero-order valence-corrected chi connectivity index (χ0v) is 16.4. The highest BCUT2D eigenvalue weighted by molar-refractivity contribution is 9.10. The summed E-state index contributed by atoms with van der Waals surface area (Å²) >= 11 is 3.43. The number of anilines is 1. The van der Waals surface area contributed by atoms with Gasteiger partial charge in [0.2, 0.25) is 5.91 Å². The van der Waals surface area contributed by atoms with Crippen LogP contribution in [0.15, 0.2) is 53.0 Å². The van der Waals surface area contributed by atoms with E-state index in [0.717, 1.165) is 41.9 Å². The van der Waals surface area contributed by atoms with Gasteiger partial charge in [-0.15, -0.1) is 0 Å². The first-order valence-electron chi connectivity index (χ1n) is 8.82. The van der Waals surface area contributed by atoms with Crippen LogP contribution < -0.4 is 10.2 Å². The Balaban J connectivity index is 1.45. The van der Waals surface area contributed by atoms with Crippen molar-refractivity contribution in [1.82, 2.24) is 10.2 Å². The molecule has 0 saturated carbocycles. The van der Waals surface area contributed by atoms with Crippen LogP contribution in [0.2, 0.25) is 0 Å². The number of phenols is 1. The third-order valence-corrected chi connectivity index (χ3v) is 5.23. The number of nitrogens with zero attached hydrogens (tertiary/aromatic N) is 2. The van der Waals surface area contributed by atoms with Gasteiger partial charge < -0.3 is 15.3 Å². The highest BCUT2D eigenvalue weighted by Crippen LogP contribution is 2.20. The number of aromatic hydroxyl groups is 1.